The van der Waals surface area contributed by atoms with Crippen LogP contribution in [0.25, 0.3) is 0 Å². The zero-order chi connectivity index (χ0) is 27.4. The van der Waals surface area contributed by atoms with Gasteiger partial charge < -0.3 is 24.4 Å². The Morgan fingerprint density at radius 2 is 1.76 bits per heavy atom. The van der Waals surface area contributed by atoms with Crippen LogP contribution in [0, 0.1) is 0 Å². The summed E-state index contributed by atoms with van der Waals surface area (Å²) in [6, 6.07) is 13.3. The molecule has 0 amide bonds. The highest BCUT2D eigenvalue weighted by molar-refractivity contribution is 5.95. The van der Waals surface area contributed by atoms with Crippen molar-refractivity contribution >= 4 is 23.0 Å². The molecule has 2 heterocycles. The molecule has 200 valence electrons. The summed E-state index contributed by atoms with van der Waals surface area (Å²) >= 11 is 0. The van der Waals surface area contributed by atoms with E-state index in [4.69, 9.17) is 4.74 Å². The number of benzene rings is 2. The molecule has 0 fully saturated rings. The van der Waals surface area contributed by atoms with Gasteiger partial charge in [0.25, 0.3) is 0 Å². The predicted octanol–water partition coefficient (Wildman–Crippen LogP) is 6.61. The first-order valence-electron chi connectivity index (χ1n) is 11.8. The second kappa shape index (κ2) is 14.0. The number of nitrogens with zero attached hydrogens (tertiary/aromatic N) is 2. The first kappa shape index (κ1) is 29.3. The molecule has 1 aliphatic heterocycles. The van der Waals surface area contributed by atoms with Crippen LogP contribution in [0.4, 0.5) is 30.2 Å². The Balaban J connectivity index is 0.000000291. The van der Waals surface area contributed by atoms with Gasteiger partial charge >= 0.3 is 12.3 Å². The minimum atomic E-state index is -4.68. The number of hydrogen-bond donors (Lipinski definition) is 1. The van der Waals surface area contributed by atoms with Crippen molar-refractivity contribution in [3.63, 3.8) is 0 Å². The van der Waals surface area contributed by atoms with E-state index in [1.54, 1.807) is 37.6 Å². The van der Waals surface area contributed by atoms with Crippen LogP contribution >= 0.6 is 0 Å². The highest BCUT2D eigenvalue weighted by atomic mass is 19.4. The summed E-state index contributed by atoms with van der Waals surface area (Å²) in [5.74, 6) is 0.280. The molecule has 0 saturated carbocycles. The Hall–Kier alpha value is -3.95. The molecule has 37 heavy (non-hydrogen) atoms. The molecule has 10 heteroatoms. The summed E-state index contributed by atoms with van der Waals surface area (Å²) in [6.45, 7) is 4.71. The van der Waals surface area contributed by atoms with Gasteiger partial charge in [0.2, 0.25) is 0 Å². The van der Waals surface area contributed by atoms with Gasteiger partial charge in [0, 0.05) is 37.7 Å². The number of carbonyl (C=O) groups excluding carboxylic acids is 1. The number of hydrogen-bond acceptors (Lipinski definition) is 7. The van der Waals surface area contributed by atoms with E-state index in [9.17, 15) is 18.0 Å². The summed E-state index contributed by atoms with van der Waals surface area (Å²) in [4.78, 5) is 16.9. The molecular formula is C27H32F3N3O4. The van der Waals surface area contributed by atoms with Gasteiger partial charge in [-0.1, -0.05) is 19.9 Å². The molecule has 0 atom stereocenters. The SMILES string of the molecule is CC.CN(c1ccc(OC(F)(F)F)cc1)c1ccc2c(c1)OCCC2.CNc1cnccc1C(=O)OC. The average molecular weight is 520 g/mol. The average Bonchev–Trinajstić information content (AvgIpc) is 2.93. The van der Waals surface area contributed by atoms with Gasteiger partial charge in [-0.05, 0) is 54.8 Å². The van der Waals surface area contributed by atoms with Crippen molar-refractivity contribution in [3.05, 3.63) is 72.1 Å². The second-order valence-corrected chi connectivity index (χ2v) is 7.51. The third kappa shape index (κ3) is 8.59. The van der Waals surface area contributed by atoms with Crippen LogP contribution in [0.3, 0.4) is 0 Å². The molecule has 0 unspecified atom stereocenters. The fourth-order valence-electron chi connectivity index (χ4n) is 3.44. The van der Waals surface area contributed by atoms with Crippen molar-refractivity contribution in [3.8, 4) is 11.5 Å². The zero-order valence-electron chi connectivity index (χ0n) is 21.6. The smallest absolute Gasteiger partial charge is 0.493 e. The predicted molar refractivity (Wildman–Crippen MR) is 138 cm³/mol. The number of fused-ring (bicyclic) bond motifs is 1. The number of halogens is 3. The third-order valence-electron chi connectivity index (χ3n) is 5.24. The van der Waals surface area contributed by atoms with Gasteiger partial charge in [-0.2, -0.15) is 0 Å². The highest BCUT2D eigenvalue weighted by Gasteiger charge is 2.31. The lowest BCUT2D eigenvalue weighted by atomic mass is 10.1. The van der Waals surface area contributed by atoms with Crippen LogP contribution in [-0.4, -0.2) is 45.1 Å². The number of anilines is 3. The monoisotopic (exact) mass is 519 g/mol. The van der Waals surface area contributed by atoms with Crippen LogP contribution in [0.1, 0.15) is 36.2 Å². The van der Waals surface area contributed by atoms with Crippen LogP contribution in [0.15, 0.2) is 60.9 Å². The van der Waals surface area contributed by atoms with Crippen molar-refractivity contribution in [1.29, 1.82) is 0 Å². The first-order valence-corrected chi connectivity index (χ1v) is 11.8. The summed E-state index contributed by atoms with van der Waals surface area (Å²) < 4.78 is 50.6. The van der Waals surface area contributed by atoms with E-state index in [-0.39, 0.29) is 11.7 Å². The van der Waals surface area contributed by atoms with Crippen molar-refractivity contribution in [2.24, 2.45) is 0 Å². The quantitative estimate of drug-likeness (QED) is 0.380. The lowest BCUT2D eigenvalue weighted by Gasteiger charge is -2.23. The topological polar surface area (TPSA) is 72.9 Å². The molecule has 0 aliphatic carbocycles. The Labute approximate surface area is 215 Å². The summed E-state index contributed by atoms with van der Waals surface area (Å²) in [7, 11) is 4.93. The summed E-state index contributed by atoms with van der Waals surface area (Å²) in [5.41, 5.74) is 4.02. The fourth-order valence-corrected chi connectivity index (χ4v) is 3.44. The van der Waals surface area contributed by atoms with Crippen molar-refractivity contribution in [2.75, 3.05) is 38.0 Å². The highest BCUT2D eigenvalue weighted by Crippen LogP contribution is 2.33. The number of ether oxygens (including phenoxy) is 3. The maximum absolute atomic E-state index is 12.2. The van der Waals surface area contributed by atoms with E-state index in [0.29, 0.717) is 17.9 Å². The van der Waals surface area contributed by atoms with Gasteiger partial charge in [-0.3, -0.25) is 4.98 Å². The van der Waals surface area contributed by atoms with E-state index in [1.807, 2.05) is 44.0 Å². The van der Waals surface area contributed by atoms with Crippen LogP contribution in [-0.2, 0) is 11.2 Å². The molecule has 0 spiro atoms. The Morgan fingerprint density at radius 3 is 2.38 bits per heavy atom. The van der Waals surface area contributed by atoms with Gasteiger partial charge in [0.15, 0.2) is 0 Å². The minimum Gasteiger partial charge on any atom is -0.493 e. The molecule has 1 aromatic heterocycles. The van der Waals surface area contributed by atoms with Crippen molar-refractivity contribution in [2.45, 2.75) is 33.1 Å². The molecular weight excluding hydrogens is 487 g/mol. The molecule has 3 aromatic rings. The molecule has 1 aliphatic rings. The number of rotatable bonds is 5. The zero-order valence-corrected chi connectivity index (χ0v) is 21.6. The normalized spacial score (nSPS) is 11.8. The number of esters is 1. The Kier molecular flexibility index (Phi) is 11.0. The molecule has 0 bridgehead atoms. The van der Waals surface area contributed by atoms with E-state index in [0.717, 1.165) is 30.0 Å². The van der Waals surface area contributed by atoms with Gasteiger partial charge in [-0.25, -0.2) is 4.79 Å². The molecule has 0 radical (unpaired) electrons. The minimum absolute atomic E-state index is 0.233. The largest absolute Gasteiger partial charge is 0.573 e. The number of aromatic nitrogens is 1. The van der Waals surface area contributed by atoms with E-state index in [1.165, 1.54) is 24.8 Å². The lowest BCUT2D eigenvalue weighted by molar-refractivity contribution is -0.274. The number of carbonyl (C=O) groups is 1. The summed E-state index contributed by atoms with van der Waals surface area (Å²) in [5, 5.41) is 2.85. The molecule has 7 nitrogen and oxygen atoms in total. The second-order valence-electron chi connectivity index (χ2n) is 7.51. The summed E-state index contributed by atoms with van der Waals surface area (Å²) in [6.07, 6.45) is 0.467. The van der Waals surface area contributed by atoms with Crippen LogP contribution < -0.4 is 19.7 Å². The fraction of sp³-hybridized carbons (Fsp3) is 0.333. The van der Waals surface area contributed by atoms with E-state index < -0.39 is 6.36 Å². The number of nitrogens with one attached hydrogen (secondary N) is 1. The maximum Gasteiger partial charge on any atom is 0.573 e. The molecule has 0 saturated heterocycles. The van der Waals surface area contributed by atoms with E-state index in [2.05, 4.69) is 19.8 Å². The number of aryl methyl sites for hydroxylation is 1. The van der Waals surface area contributed by atoms with Crippen molar-refractivity contribution < 1.29 is 32.2 Å². The van der Waals surface area contributed by atoms with Gasteiger partial charge in [0.05, 0.1) is 31.2 Å². The first-order chi connectivity index (χ1) is 17.7. The van der Waals surface area contributed by atoms with E-state index >= 15 is 0 Å². The molecule has 2 aromatic carbocycles. The number of methoxy groups -OCH3 is 1. The number of alkyl halides is 3. The van der Waals surface area contributed by atoms with Crippen molar-refractivity contribution in [1.82, 2.24) is 4.98 Å². The van der Waals surface area contributed by atoms with Gasteiger partial charge in [-0.15, -0.1) is 13.2 Å². The third-order valence-corrected chi connectivity index (χ3v) is 5.24. The lowest BCUT2D eigenvalue weighted by Crippen LogP contribution is -2.17. The maximum atomic E-state index is 12.2. The Bertz CT molecular complexity index is 1140. The number of pyridine rings is 1. The van der Waals surface area contributed by atoms with Gasteiger partial charge in [0.1, 0.15) is 11.5 Å². The van der Waals surface area contributed by atoms with Crippen LogP contribution in [0.2, 0.25) is 0 Å². The molecule has 1 N–H and O–H groups in total. The van der Waals surface area contributed by atoms with Crippen LogP contribution in [0.5, 0.6) is 11.5 Å². The standard InChI is InChI=1S/C17H16F3NO2.C8H10N2O2.C2H6/c1-21(13-6-8-15(9-7-13)23-17(18,19)20)14-5-4-12-3-2-10-22-16(12)11-14;1-9-7-5-10-4-3-6(7)8(11)12-2;1-2/h4-9,11H,2-3,10H2,1H3;3-5,9H,1-2H3;1-2H3. The molecule has 4 rings (SSSR count). The Morgan fingerprint density at radius 1 is 1.08 bits per heavy atom.